The second-order valence-electron chi connectivity index (χ2n) is 6.25. The van der Waals surface area contributed by atoms with Gasteiger partial charge in [-0.25, -0.2) is 14.6 Å². The third-order valence-electron chi connectivity index (χ3n) is 4.35. The van der Waals surface area contributed by atoms with E-state index in [2.05, 4.69) is 4.98 Å². The third kappa shape index (κ3) is 4.75. The molecule has 0 aliphatic heterocycles. The Balaban J connectivity index is 1.96. The van der Waals surface area contributed by atoms with Gasteiger partial charge >= 0.3 is 11.9 Å². The number of carbonyl (C=O) groups is 2. The van der Waals surface area contributed by atoms with E-state index in [0.29, 0.717) is 29.2 Å². The van der Waals surface area contributed by atoms with E-state index in [1.165, 1.54) is 33.5 Å². The zero-order valence-corrected chi connectivity index (χ0v) is 16.9. The van der Waals surface area contributed by atoms with Gasteiger partial charge in [0.2, 0.25) is 0 Å². The van der Waals surface area contributed by atoms with Gasteiger partial charge in [0.15, 0.2) is 0 Å². The van der Waals surface area contributed by atoms with Gasteiger partial charge in [0.05, 0.1) is 21.3 Å². The highest BCUT2D eigenvalue weighted by molar-refractivity contribution is 5.94. The molecular formula is C23H21NO6. The summed E-state index contributed by atoms with van der Waals surface area (Å²) in [5.74, 6) is -0.194. The van der Waals surface area contributed by atoms with Crippen molar-refractivity contribution in [2.24, 2.45) is 0 Å². The van der Waals surface area contributed by atoms with Crippen molar-refractivity contribution in [2.45, 2.75) is 6.61 Å². The molecule has 1 heterocycles. The van der Waals surface area contributed by atoms with E-state index in [1.807, 2.05) is 30.3 Å². The van der Waals surface area contributed by atoms with E-state index in [-0.39, 0.29) is 11.4 Å². The number of rotatable bonds is 7. The zero-order valence-electron chi connectivity index (χ0n) is 16.9. The fourth-order valence-electron chi connectivity index (χ4n) is 2.85. The van der Waals surface area contributed by atoms with Crippen molar-refractivity contribution >= 4 is 11.9 Å². The molecule has 0 amide bonds. The van der Waals surface area contributed by atoms with Gasteiger partial charge < -0.3 is 18.9 Å². The number of esters is 2. The molecule has 0 aliphatic carbocycles. The van der Waals surface area contributed by atoms with Crippen molar-refractivity contribution < 1.29 is 28.5 Å². The molecule has 0 spiro atoms. The number of nitrogens with zero attached hydrogens (tertiary/aromatic N) is 1. The molecule has 30 heavy (non-hydrogen) atoms. The second-order valence-corrected chi connectivity index (χ2v) is 6.25. The van der Waals surface area contributed by atoms with E-state index < -0.39 is 11.9 Å². The van der Waals surface area contributed by atoms with E-state index in [0.717, 1.165) is 5.56 Å². The molecule has 0 atom stereocenters. The van der Waals surface area contributed by atoms with E-state index in [1.54, 1.807) is 18.2 Å². The smallest absolute Gasteiger partial charge is 0.356 e. The van der Waals surface area contributed by atoms with Gasteiger partial charge in [0.25, 0.3) is 0 Å². The molecule has 154 valence electrons. The molecule has 0 fully saturated rings. The summed E-state index contributed by atoms with van der Waals surface area (Å²) in [4.78, 5) is 28.0. The number of aromatic nitrogens is 1. The predicted molar refractivity (Wildman–Crippen MR) is 110 cm³/mol. The minimum Gasteiger partial charge on any atom is -0.496 e. The number of ether oxygens (including phenoxy) is 4. The fraction of sp³-hybridized carbons (Fsp3) is 0.174. The summed E-state index contributed by atoms with van der Waals surface area (Å²) >= 11 is 0. The number of pyridine rings is 1. The van der Waals surface area contributed by atoms with E-state index >= 15 is 0 Å². The number of methoxy groups -OCH3 is 3. The molecule has 0 unspecified atom stereocenters. The van der Waals surface area contributed by atoms with Gasteiger partial charge in [-0.2, -0.15) is 0 Å². The number of benzene rings is 2. The summed E-state index contributed by atoms with van der Waals surface area (Å²) < 4.78 is 20.8. The topological polar surface area (TPSA) is 84.0 Å². The maximum absolute atomic E-state index is 12.0. The Morgan fingerprint density at radius 2 is 1.47 bits per heavy atom. The van der Waals surface area contributed by atoms with Crippen LogP contribution in [0.4, 0.5) is 0 Å². The summed E-state index contributed by atoms with van der Waals surface area (Å²) in [6.07, 6.45) is 0. The van der Waals surface area contributed by atoms with Gasteiger partial charge in [-0.05, 0) is 35.4 Å². The molecule has 0 bridgehead atoms. The van der Waals surface area contributed by atoms with Crippen LogP contribution in [0.15, 0.2) is 60.7 Å². The highest BCUT2D eigenvalue weighted by Crippen LogP contribution is 2.34. The Morgan fingerprint density at radius 3 is 2.03 bits per heavy atom. The Hall–Kier alpha value is -3.87. The van der Waals surface area contributed by atoms with Gasteiger partial charge in [0.1, 0.15) is 29.5 Å². The maximum Gasteiger partial charge on any atom is 0.356 e. The lowest BCUT2D eigenvalue weighted by molar-refractivity contribution is 0.0586. The lowest BCUT2D eigenvalue weighted by Gasteiger charge is -2.13. The summed E-state index contributed by atoms with van der Waals surface area (Å²) in [6.45, 7) is 0.414. The molecule has 0 saturated heterocycles. The van der Waals surface area contributed by atoms with Crippen LogP contribution in [0.2, 0.25) is 0 Å². The first-order valence-corrected chi connectivity index (χ1v) is 9.09. The van der Waals surface area contributed by atoms with Crippen molar-refractivity contribution in [1.82, 2.24) is 4.98 Å². The fourth-order valence-corrected chi connectivity index (χ4v) is 2.85. The molecule has 7 heteroatoms. The van der Waals surface area contributed by atoms with Gasteiger partial charge in [-0.1, -0.05) is 30.3 Å². The summed E-state index contributed by atoms with van der Waals surface area (Å²) in [7, 11) is 4.02. The van der Waals surface area contributed by atoms with Crippen LogP contribution in [-0.4, -0.2) is 38.3 Å². The minimum absolute atomic E-state index is 0.0122. The molecule has 7 nitrogen and oxygen atoms in total. The zero-order chi connectivity index (χ0) is 21.5. The van der Waals surface area contributed by atoms with Crippen molar-refractivity contribution in [3.8, 4) is 22.6 Å². The molecule has 0 saturated carbocycles. The van der Waals surface area contributed by atoms with Crippen molar-refractivity contribution in [3.05, 3.63) is 77.6 Å². The molecule has 3 rings (SSSR count). The molecule has 0 radical (unpaired) electrons. The van der Waals surface area contributed by atoms with Crippen LogP contribution >= 0.6 is 0 Å². The van der Waals surface area contributed by atoms with Gasteiger partial charge in [-0.15, -0.1) is 0 Å². The molecule has 1 aromatic heterocycles. The standard InChI is InChI=1S/C23H21NO6/c1-27-21-13-17(30-14-15-7-5-4-6-8-15)9-10-18(21)16-11-19(22(25)28-2)24-20(12-16)23(26)29-3/h4-13H,14H2,1-3H3. The summed E-state index contributed by atoms with van der Waals surface area (Å²) in [5, 5.41) is 0. The molecule has 0 N–H and O–H groups in total. The monoisotopic (exact) mass is 407 g/mol. The average molecular weight is 407 g/mol. The molecule has 0 aliphatic rings. The van der Waals surface area contributed by atoms with Crippen LogP contribution in [0.3, 0.4) is 0 Å². The Morgan fingerprint density at radius 1 is 0.833 bits per heavy atom. The van der Waals surface area contributed by atoms with Gasteiger partial charge in [0, 0.05) is 11.6 Å². The second kappa shape index (κ2) is 9.56. The predicted octanol–water partition coefficient (Wildman–Crippen LogP) is 3.91. The highest BCUT2D eigenvalue weighted by Gasteiger charge is 2.18. The number of hydrogen-bond acceptors (Lipinski definition) is 7. The Labute approximate surface area is 174 Å². The summed E-state index contributed by atoms with van der Waals surface area (Å²) in [6, 6.07) is 18.2. The Bertz CT molecular complexity index is 1010. The van der Waals surface area contributed by atoms with Crippen LogP contribution in [0.5, 0.6) is 11.5 Å². The van der Waals surface area contributed by atoms with Crippen molar-refractivity contribution in [1.29, 1.82) is 0 Å². The van der Waals surface area contributed by atoms with Crippen LogP contribution < -0.4 is 9.47 Å². The number of hydrogen-bond donors (Lipinski definition) is 0. The quantitative estimate of drug-likeness (QED) is 0.549. The maximum atomic E-state index is 12.0. The largest absolute Gasteiger partial charge is 0.496 e. The first-order valence-electron chi connectivity index (χ1n) is 9.09. The highest BCUT2D eigenvalue weighted by atomic mass is 16.5. The summed E-state index contributed by atoms with van der Waals surface area (Å²) in [5.41, 5.74) is 2.23. The van der Waals surface area contributed by atoms with E-state index in [4.69, 9.17) is 18.9 Å². The molecule has 3 aromatic rings. The third-order valence-corrected chi connectivity index (χ3v) is 4.35. The lowest BCUT2D eigenvalue weighted by atomic mass is 10.0. The first kappa shape index (κ1) is 20.9. The minimum atomic E-state index is -0.663. The van der Waals surface area contributed by atoms with Crippen LogP contribution in [0.25, 0.3) is 11.1 Å². The van der Waals surface area contributed by atoms with E-state index in [9.17, 15) is 9.59 Å². The number of carbonyl (C=O) groups excluding carboxylic acids is 2. The molecular weight excluding hydrogens is 386 g/mol. The van der Waals surface area contributed by atoms with Crippen molar-refractivity contribution in [2.75, 3.05) is 21.3 Å². The first-order chi connectivity index (χ1) is 14.5. The van der Waals surface area contributed by atoms with Crippen LogP contribution in [0, 0.1) is 0 Å². The van der Waals surface area contributed by atoms with Crippen LogP contribution in [-0.2, 0) is 16.1 Å². The normalized spacial score (nSPS) is 10.2. The van der Waals surface area contributed by atoms with Gasteiger partial charge in [-0.3, -0.25) is 0 Å². The molecule has 2 aromatic carbocycles. The van der Waals surface area contributed by atoms with Crippen LogP contribution in [0.1, 0.15) is 26.5 Å². The average Bonchev–Trinajstić information content (AvgIpc) is 2.81. The lowest BCUT2D eigenvalue weighted by Crippen LogP contribution is -2.11. The SMILES string of the molecule is COC(=O)c1cc(-c2ccc(OCc3ccccc3)cc2OC)cc(C(=O)OC)n1. The Kier molecular flexibility index (Phi) is 6.64. The van der Waals surface area contributed by atoms with Crippen molar-refractivity contribution in [3.63, 3.8) is 0 Å².